The van der Waals surface area contributed by atoms with Crippen molar-refractivity contribution in [2.24, 2.45) is 0 Å². The van der Waals surface area contributed by atoms with Crippen LogP contribution in [0.25, 0.3) is 11.4 Å². The second-order valence-electron chi connectivity index (χ2n) is 6.03. The molecule has 0 fully saturated rings. The van der Waals surface area contributed by atoms with Crippen LogP contribution >= 0.6 is 11.8 Å². The van der Waals surface area contributed by atoms with Crippen LogP contribution in [0.4, 0.5) is 11.4 Å². The monoisotopic (exact) mass is 401 g/mol. The number of nitrogens with one attached hydrogen (secondary N) is 1. The van der Waals surface area contributed by atoms with Crippen LogP contribution in [0.2, 0.25) is 0 Å². The highest BCUT2D eigenvalue weighted by Gasteiger charge is 2.18. The number of nitro benzene ring substituents is 1. The van der Waals surface area contributed by atoms with E-state index in [1.54, 1.807) is 19.3 Å². The third-order valence-corrected chi connectivity index (χ3v) is 5.14. The molecule has 0 aliphatic rings. The van der Waals surface area contributed by atoms with E-state index in [1.807, 2.05) is 24.5 Å². The maximum Gasteiger partial charge on any atom is 0.271 e. The van der Waals surface area contributed by atoms with Gasteiger partial charge in [0.25, 0.3) is 5.69 Å². The van der Waals surface area contributed by atoms with E-state index in [4.69, 9.17) is 4.42 Å². The Morgan fingerprint density at radius 1 is 1.32 bits per heavy atom. The van der Waals surface area contributed by atoms with Crippen LogP contribution in [0.15, 0.2) is 40.1 Å². The number of non-ortho nitro benzene ring substituents is 1. The SMILES string of the molecule is CCn1c(SCC(=O)Nc2cc([N+](=O)[O-])ccc2C)nnc1-c1ccoc1C. The number of furan rings is 1. The summed E-state index contributed by atoms with van der Waals surface area (Å²) in [5.41, 5.74) is 1.96. The highest BCUT2D eigenvalue weighted by atomic mass is 32.2. The molecule has 2 aromatic heterocycles. The fourth-order valence-corrected chi connectivity index (χ4v) is 3.47. The smallest absolute Gasteiger partial charge is 0.271 e. The molecule has 0 spiro atoms. The number of hydrogen-bond acceptors (Lipinski definition) is 7. The number of carbonyl (C=O) groups excluding carboxylic acids is 1. The van der Waals surface area contributed by atoms with Gasteiger partial charge in [-0.05, 0) is 32.4 Å². The summed E-state index contributed by atoms with van der Waals surface area (Å²) < 4.78 is 7.24. The maximum absolute atomic E-state index is 12.3. The first-order valence-corrected chi connectivity index (χ1v) is 9.54. The van der Waals surface area contributed by atoms with E-state index in [2.05, 4.69) is 15.5 Å². The average molecular weight is 401 g/mol. The van der Waals surface area contributed by atoms with Gasteiger partial charge in [-0.15, -0.1) is 10.2 Å². The Morgan fingerprint density at radius 3 is 2.75 bits per heavy atom. The standard InChI is InChI=1S/C18H19N5O4S/c1-4-22-17(14-7-8-27-12(14)3)20-21-18(22)28-10-16(24)19-15-9-13(23(25)26)6-5-11(15)2/h5-9H,4,10H2,1-3H3,(H,19,24). The molecule has 0 aliphatic heterocycles. The molecule has 0 radical (unpaired) electrons. The Morgan fingerprint density at radius 2 is 2.11 bits per heavy atom. The van der Waals surface area contributed by atoms with Gasteiger partial charge in [0.05, 0.1) is 28.2 Å². The summed E-state index contributed by atoms with van der Waals surface area (Å²) in [6, 6.07) is 6.20. The highest BCUT2D eigenvalue weighted by molar-refractivity contribution is 7.99. The zero-order valence-corrected chi connectivity index (χ0v) is 16.4. The van der Waals surface area contributed by atoms with Gasteiger partial charge in [-0.25, -0.2) is 0 Å². The minimum atomic E-state index is -0.493. The number of thioether (sulfide) groups is 1. The average Bonchev–Trinajstić information content (AvgIpc) is 3.26. The number of anilines is 1. The summed E-state index contributed by atoms with van der Waals surface area (Å²) >= 11 is 1.25. The second-order valence-corrected chi connectivity index (χ2v) is 6.98. The summed E-state index contributed by atoms with van der Waals surface area (Å²) in [4.78, 5) is 22.8. The zero-order valence-electron chi connectivity index (χ0n) is 15.6. The predicted molar refractivity (Wildman–Crippen MR) is 105 cm³/mol. The van der Waals surface area contributed by atoms with Crippen molar-refractivity contribution in [3.63, 3.8) is 0 Å². The molecule has 146 valence electrons. The molecule has 10 heteroatoms. The summed E-state index contributed by atoms with van der Waals surface area (Å²) in [5.74, 6) is 1.26. The number of aromatic nitrogens is 3. The third kappa shape index (κ3) is 4.06. The molecule has 3 rings (SSSR count). The van der Waals surface area contributed by atoms with Crippen LogP contribution < -0.4 is 5.32 Å². The number of nitrogens with zero attached hydrogens (tertiary/aromatic N) is 4. The summed E-state index contributed by atoms with van der Waals surface area (Å²) in [7, 11) is 0. The Kier molecular flexibility index (Phi) is 5.78. The number of amides is 1. The molecule has 1 N–H and O–H groups in total. The molecule has 1 aromatic carbocycles. The summed E-state index contributed by atoms with van der Waals surface area (Å²) in [6.45, 7) is 6.24. The van der Waals surface area contributed by atoms with E-state index in [0.29, 0.717) is 23.2 Å². The van der Waals surface area contributed by atoms with Gasteiger partial charge in [-0.1, -0.05) is 17.8 Å². The van der Waals surface area contributed by atoms with Gasteiger partial charge < -0.3 is 14.3 Å². The van der Waals surface area contributed by atoms with E-state index in [9.17, 15) is 14.9 Å². The molecule has 0 unspecified atom stereocenters. The molecule has 0 aliphatic carbocycles. The quantitative estimate of drug-likeness (QED) is 0.363. The van der Waals surface area contributed by atoms with Crippen molar-refractivity contribution in [2.45, 2.75) is 32.5 Å². The lowest BCUT2D eigenvalue weighted by molar-refractivity contribution is -0.384. The minimum Gasteiger partial charge on any atom is -0.469 e. The van der Waals surface area contributed by atoms with Gasteiger partial charge in [0, 0.05) is 18.7 Å². The lowest BCUT2D eigenvalue weighted by Crippen LogP contribution is -2.15. The van der Waals surface area contributed by atoms with Gasteiger partial charge in [0.15, 0.2) is 11.0 Å². The van der Waals surface area contributed by atoms with Crippen LogP contribution in [-0.2, 0) is 11.3 Å². The molecule has 0 atom stereocenters. The Labute approximate surface area is 165 Å². The van der Waals surface area contributed by atoms with E-state index in [1.165, 1.54) is 23.9 Å². The van der Waals surface area contributed by atoms with Crippen molar-refractivity contribution in [3.05, 3.63) is 52.0 Å². The number of nitro groups is 1. The largest absolute Gasteiger partial charge is 0.469 e. The number of carbonyl (C=O) groups is 1. The van der Waals surface area contributed by atoms with Crippen LogP contribution in [-0.4, -0.2) is 31.3 Å². The van der Waals surface area contributed by atoms with E-state index in [-0.39, 0.29) is 17.3 Å². The lowest BCUT2D eigenvalue weighted by Gasteiger charge is -2.09. The van der Waals surface area contributed by atoms with E-state index >= 15 is 0 Å². The topological polar surface area (TPSA) is 116 Å². The van der Waals surface area contributed by atoms with Crippen molar-refractivity contribution in [2.75, 3.05) is 11.1 Å². The first kappa shape index (κ1) is 19.6. The van der Waals surface area contributed by atoms with Gasteiger partial charge >= 0.3 is 0 Å². The molecule has 0 saturated carbocycles. The van der Waals surface area contributed by atoms with Crippen molar-refractivity contribution in [1.82, 2.24) is 14.8 Å². The molecule has 1 amide bonds. The number of benzene rings is 1. The second kappa shape index (κ2) is 8.26. The molecule has 0 bridgehead atoms. The third-order valence-electron chi connectivity index (χ3n) is 4.17. The lowest BCUT2D eigenvalue weighted by atomic mass is 10.2. The van der Waals surface area contributed by atoms with Crippen LogP contribution in [0, 0.1) is 24.0 Å². The first-order valence-electron chi connectivity index (χ1n) is 8.56. The fraction of sp³-hybridized carbons (Fsp3) is 0.278. The van der Waals surface area contributed by atoms with Crippen molar-refractivity contribution >= 4 is 29.0 Å². The van der Waals surface area contributed by atoms with Crippen molar-refractivity contribution in [3.8, 4) is 11.4 Å². The number of hydrogen-bond donors (Lipinski definition) is 1. The van der Waals surface area contributed by atoms with Crippen LogP contribution in [0.5, 0.6) is 0 Å². The fourth-order valence-electron chi connectivity index (χ4n) is 2.67. The number of aryl methyl sites for hydroxylation is 2. The molecule has 9 nitrogen and oxygen atoms in total. The predicted octanol–water partition coefficient (Wildman–Crippen LogP) is 3.81. The summed E-state index contributed by atoms with van der Waals surface area (Å²) in [5, 5.41) is 22.7. The van der Waals surface area contributed by atoms with Crippen molar-refractivity contribution < 1.29 is 14.1 Å². The van der Waals surface area contributed by atoms with Crippen molar-refractivity contribution in [1.29, 1.82) is 0 Å². The van der Waals surface area contributed by atoms with E-state index < -0.39 is 4.92 Å². The maximum atomic E-state index is 12.3. The first-order chi connectivity index (χ1) is 13.4. The molecular formula is C18H19N5O4S. The number of rotatable bonds is 7. The Balaban J connectivity index is 1.70. The Bertz CT molecular complexity index is 1030. The highest BCUT2D eigenvalue weighted by Crippen LogP contribution is 2.27. The van der Waals surface area contributed by atoms with Gasteiger partial charge in [-0.3, -0.25) is 14.9 Å². The van der Waals surface area contributed by atoms with Gasteiger partial charge in [0.1, 0.15) is 5.76 Å². The zero-order chi connectivity index (χ0) is 20.3. The molecule has 3 aromatic rings. The van der Waals surface area contributed by atoms with Gasteiger partial charge in [-0.2, -0.15) is 0 Å². The molecule has 28 heavy (non-hydrogen) atoms. The van der Waals surface area contributed by atoms with Crippen LogP contribution in [0.3, 0.4) is 0 Å². The minimum absolute atomic E-state index is 0.0700. The summed E-state index contributed by atoms with van der Waals surface area (Å²) in [6.07, 6.45) is 1.60. The van der Waals surface area contributed by atoms with Gasteiger partial charge in [0.2, 0.25) is 5.91 Å². The Hall–Kier alpha value is -3.14. The normalized spacial score (nSPS) is 10.8. The van der Waals surface area contributed by atoms with E-state index in [0.717, 1.165) is 16.9 Å². The molecular weight excluding hydrogens is 382 g/mol. The van der Waals surface area contributed by atoms with Crippen LogP contribution in [0.1, 0.15) is 18.2 Å². The molecule has 0 saturated heterocycles. The molecule has 2 heterocycles.